The lowest BCUT2D eigenvalue weighted by Gasteiger charge is -2.52. The van der Waals surface area contributed by atoms with Crippen molar-refractivity contribution in [3.8, 4) is 16.9 Å². The van der Waals surface area contributed by atoms with Crippen LogP contribution in [-0.4, -0.2) is 51.4 Å². The van der Waals surface area contributed by atoms with E-state index in [1.165, 1.54) is 6.07 Å². The molecular weight excluding hydrogens is 560 g/mol. The van der Waals surface area contributed by atoms with Gasteiger partial charge in [-0.05, 0) is 83.5 Å². The first kappa shape index (κ1) is 31.7. The first-order valence-corrected chi connectivity index (χ1v) is 15.6. The fourth-order valence-corrected chi connectivity index (χ4v) is 7.90. The summed E-state index contributed by atoms with van der Waals surface area (Å²) in [6.07, 6.45) is 1.03. The van der Waals surface area contributed by atoms with E-state index in [9.17, 15) is 34.2 Å². The summed E-state index contributed by atoms with van der Waals surface area (Å²) < 4.78 is 0. The first-order chi connectivity index (χ1) is 20.7. The number of rotatable bonds is 8. The predicted octanol–water partition coefficient (Wildman–Crippen LogP) is 3.18. The van der Waals surface area contributed by atoms with Gasteiger partial charge in [0.25, 0.3) is 0 Å². The van der Waals surface area contributed by atoms with Crippen molar-refractivity contribution in [2.24, 2.45) is 47.2 Å². The number of benzene rings is 2. The molecule has 2 aromatic carbocycles. The van der Waals surface area contributed by atoms with Crippen LogP contribution in [0.25, 0.3) is 11.1 Å². The van der Waals surface area contributed by atoms with Gasteiger partial charge >= 0.3 is 0 Å². The summed E-state index contributed by atoms with van der Waals surface area (Å²) >= 11 is 0. The molecule has 0 aliphatic heterocycles. The smallest absolute Gasteiger partial charge is 0.235 e. The minimum Gasteiger partial charge on any atom is -0.507 e. The van der Waals surface area contributed by atoms with Crippen molar-refractivity contribution in [1.82, 2.24) is 5.32 Å². The van der Waals surface area contributed by atoms with Crippen molar-refractivity contribution in [3.05, 3.63) is 52.6 Å². The Labute approximate surface area is 257 Å². The number of primary amides is 1. The zero-order valence-electron chi connectivity index (χ0n) is 26.0. The zero-order chi connectivity index (χ0) is 32.2. The Morgan fingerprint density at radius 3 is 2.36 bits per heavy atom. The molecule has 2 fully saturated rings. The van der Waals surface area contributed by atoms with Gasteiger partial charge in [-0.2, -0.15) is 0 Å². The third-order valence-corrected chi connectivity index (χ3v) is 9.92. The molecule has 5 rings (SSSR count). The van der Waals surface area contributed by atoms with Crippen molar-refractivity contribution in [2.45, 2.75) is 66.0 Å². The van der Waals surface area contributed by atoms with E-state index < -0.39 is 70.1 Å². The molecule has 3 aliphatic rings. The quantitative estimate of drug-likeness (QED) is 0.335. The number of aromatic hydroxyl groups is 1. The molecular formula is C35H42N2O7. The first-order valence-electron chi connectivity index (χ1n) is 15.6. The van der Waals surface area contributed by atoms with E-state index in [0.717, 1.165) is 35.2 Å². The molecule has 0 spiro atoms. The summed E-state index contributed by atoms with van der Waals surface area (Å²) in [4.78, 5) is 67.4. The van der Waals surface area contributed by atoms with Gasteiger partial charge in [-0.3, -0.25) is 24.0 Å². The van der Waals surface area contributed by atoms with E-state index >= 15 is 0 Å². The second-order valence-corrected chi connectivity index (χ2v) is 13.5. The third-order valence-electron chi connectivity index (χ3n) is 9.92. The van der Waals surface area contributed by atoms with E-state index in [1.807, 2.05) is 6.92 Å². The number of phenolic OH excluding ortho intramolecular Hbond substituents is 1. The number of carbonyl (C=O) groups excluding carboxylic acids is 5. The Morgan fingerprint density at radius 2 is 1.75 bits per heavy atom. The molecule has 1 amide bonds. The number of carbonyl (C=O) groups is 5. The number of hydrogen-bond donors (Lipinski definition) is 4. The highest BCUT2D eigenvalue weighted by Gasteiger charge is 2.69. The molecule has 2 aromatic rings. The fraction of sp³-hybridized carbons (Fsp3) is 0.514. The molecule has 2 unspecified atom stereocenters. The number of Topliss-reactive ketones (excluding diaryl/α,β-unsaturated/α-hetero) is 4. The van der Waals surface area contributed by atoms with Gasteiger partial charge in [0.1, 0.15) is 5.75 Å². The molecule has 2 saturated carbocycles. The van der Waals surface area contributed by atoms with Crippen LogP contribution in [0.5, 0.6) is 5.75 Å². The van der Waals surface area contributed by atoms with E-state index in [-0.39, 0.29) is 24.2 Å². The van der Waals surface area contributed by atoms with Crippen LogP contribution in [-0.2, 0) is 38.6 Å². The summed E-state index contributed by atoms with van der Waals surface area (Å²) in [6, 6.07) is 9.48. The molecule has 5 N–H and O–H groups in total. The van der Waals surface area contributed by atoms with Gasteiger partial charge < -0.3 is 21.3 Å². The van der Waals surface area contributed by atoms with Crippen LogP contribution < -0.4 is 11.1 Å². The number of nitrogens with one attached hydrogen (secondary N) is 1. The Balaban J connectivity index is 1.61. The van der Waals surface area contributed by atoms with Crippen molar-refractivity contribution >= 4 is 29.0 Å². The number of phenols is 1. The molecule has 0 heterocycles. The number of aliphatic hydroxyl groups is 1. The van der Waals surface area contributed by atoms with Gasteiger partial charge in [-0.25, -0.2) is 0 Å². The number of amides is 1. The van der Waals surface area contributed by atoms with Crippen LogP contribution in [0.1, 0.15) is 68.1 Å². The molecule has 0 aromatic heterocycles. The molecule has 0 radical (unpaired) electrons. The van der Waals surface area contributed by atoms with Gasteiger partial charge in [-0.15, -0.1) is 0 Å². The Bertz CT molecular complexity index is 1560. The Kier molecular flexibility index (Phi) is 8.42. The molecule has 234 valence electrons. The number of nitrogens with two attached hydrogens (primary N) is 1. The van der Waals surface area contributed by atoms with Crippen molar-refractivity contribution in [1.29, 1.82) is 0 Å². The largest absolute Gasteiger partial charge is 0.507 e. The van der Waals surface area contributed by atoms with Crippen LogP contribution in [0.3, 0.4) is 0 Å². The van der Waals surface area contributed by atoms with Gasteiger partial charge in [-0.1, -0.05) is 52.8 Å². The van der Waals surface area contributed by atoms with Gasteiger partial charge in [0, 0.05) is 18.4 Å². The van der Waals surface area contributed by atoms with Gasteiger partial charge in [0.15, 0.2) is 34.7 Å². The average molecular weight is 603 g/mol. The van der Waals surface area contributed by atoms with Crippen molar-refractivity contribution < 1.29 is 34.2 Å². The average Bonchev–Trinajstić information content (AvgIpc) is 2.94. The van der Waals surface area contributed by atoms with Crippen LogP contribution >= 0.6 is 0 Å². The standard InChI is InChI=1S/C35H42N2O7/c1-6-19-8-7-18(15-37-14-16(2)3)11-22(19)21-9-10-25(38)28-23(21)12-20-13-24-26(17(4)5)30(39)29(34(36)43)33(42)35(24,44)32(41)27(20)31(28)40/h7-11,16-17,20,24,26-27,29,37-38,44H,6,12-15H2,1-5H3,(H2,36,43)/t20-,24-,26-,27?,29?,35-/m0/s1. The molecule has 6 atom stereocenters. The number of aryl methyl sites for hydroxylation is 1. The summed E-state index contributed by atoms with van der Waals surface area (Å²) in [6.45, 7) is 11.3. The lowest BCUT2D eigenvalue weighted by Crippen LogP contribution is -2.71. The maximum Gasteiger partial charge on any atom is 0.235 e. The van der Waals surface area contributed by atoms with Crippen LogP contribution in [0.15, 0.2) is 30.3 Å². The topological polar surface area (TPSA) is 164 Å². The highest BCUT2D eigenvalue weighted by molar-refractivity contribution is 6.32. The number of hydrogen-bond acceptors (Lipinski definition) is 8. The van der Waals surface area contributed by atoms with Crippen molar-refractivity contribution in [2.75, 3.05) is 6.54 Å². The molecule has 3 aliphatic carbocycles. The molecule has 9 heteroatoms. The molecule has 9 nitrogen and oxygen atoms in total. The van der Waals surface area contributed by atoms with Gasteiger partial charge in [0.05, 0.1) is 11.5 Å². The minimum atomic E-state index is -2.70. The molecule has 0 bridgehead atoms. The zero-order valence-corrected chi connectivity index (χ0v) is 26.0. The second-order valence-electron chi connectivity index (χ2n) is 13.5. The highest BCUT2D eigenvalue weighted by atomic mass is 16.3. The Hall–Kier alpha value is -3.69. The second kappa shape index (κ2) is 11.7. The van der Waals surface area contributed by atoms with Crippen LogP contribution in [0.2, 0.25) is 0 Å². The number of ketones is 4. The lowest BCUT2D eigenvalue weighted by atomic mass is 9.49. The van der Waals surface area contributed by atoms with Gasteiger partial charge in [0.2, 0.25) is 5.91 Å². The molecule has 44 heavy (non-hydrogen) atoms. The Morgan fingerprint density at radius 1 is 1.05 bits per heavy atom. The van der Waals surface area contributed by atoms with Crippen LogP contribution in [0.4, 0.5) is 0 Å². The summed E-state index contributed by atoms with van der Waals surface area (Å²) in [7, 11) is 0. The van der Waals surface area contributed by atoms with Crippen LogP contribution in [0, 0.1) is 41.4 Å². The predicted molar refractivity (Wildman–Crippen MR) is 164 cm³/mol. The normalized spacial score (nSPS) is 28.2. The SMILES string of the molecule is CCc1ccc(CNCC(C)C)cc1-c1ccc(O)c2c1C[C@H]1C[C@H]3[C@H](C(C)C)C(=O)C(C(N)=O)C(=O)[C@@]3(O)C(=O)C1C2=O. The maximum atomic E-state index is 14.1. The van der Waals surface area contributed by atoms with E-state index in [0.29, 0.717) is 18.0 Å². The van der Waals surface area contributed by atoms with E-state index in [4.69, 9.17) is 5.73 Å². The lowest BCUT2D eigenvalue weighted by molar-refractivity contribution is -0.182. The molecule has 0 saturated heterocycles. The summed E-state index contributed by atoms with van der Waals surface area (Å²) in [5.41, 5.74) is 7.20. The van der Waals surface area contributed by atoms with E-state index in [2.05, 4.69) is 37.4 Å². The van der Waals surface area contributed by atoms with E-state index in [1.54, 1.807) is 19.9 Å². The number of fused-ring (bicyclic) bond motifs is 3. The maximum absolute atomic E-state index is 14.1. The summed E-state index contributed by atoms with van der Waals surface area (Å²) in [5.74, 6) is -11.0. The summed E-state index contributed by atoms with van der Waals surface area (Å²) in [5, 5.41) is 26.2. The third kappa shape index (κ3) is 4.90. The monoisotopic (exact) mass is 602 g/mol. The minimum absolute atomic E-state index is 0.00994. The highest BCUT2D eigenvalue weighted by Crippen LogP contribution is 2.53. The fourth-order valence-electron chi connectivity index (χ4n) is 7.90. The van der Waals surface area contributed by atoms with Crippen molar-refractivity contribution in [3.63, 3.8) is 0 Å².